The van der Waals surface area contributed by atoms with E-state index < -0.39 is 6.43 Å². The molecule has 2 saturated heterocycles. The zero-order valence-corrected chi connectivity index (χ0v) is 21.0. The van der Waals surface area contributed by atoms with Crippen LogP contribution >= 0.6 is 0 Å². The quantitative estimate of drug-likeness (QED) is 0.528. The number of benzene rings is 1. The summed E-state index contributed by atoms with van der Waals surface area (Å²) in [6, 6.07) is 5.45. The molecule has 7 nitrogen and oxygen atoms in total. The molecule has 0 spiro atoms. The first-order valence-electron chi connectivity index (χ1n) is 13.1. The van der Waals surface area contributed by atoms with E-state index in [1.165, 1.54) is 12.6 Å². The van der Waals surface area contributed by atoms with Crippen molar-refractivity contribution >= 4 is 16.7 Å². The molecule has 2 atom stereocenters. The Morgan fingerprint density at radius 2 is 1.86 bits per heavy atom. The van der Waals surface area contributed by atoms with Gasteiger partial charge in [-0.3, -0.25) is 4.68 Å². The second-order valence-corrected chi connectivity index (χ2v) is 10.9. The number of anilines is 1. The Balaban J connectivity index is 1.14. The molecular weight excluding hydrogens is 462 g/mol. The summed E-state index contributed by atoms with van der Waals surface area (Å²) in [5, 5.41) is 17.4. The van der Waals surface area contributed by atoms with Gasteiger partial charge in [0.1, 0.15) is 0 Å². The van der Waals surface area contributed by atoms with Crippen LogP contribution in [0.15, 0.2) is 24.4 Å². The second-order valence-electron chi connectivity index (χ2n) is 10.9. The minimum atomic E-state index is -2.62. The third kappa shape index (κ3) is 4.59. The van der Waals surface area contributed by atoms with Crippen molar-refractivity contribution < 1.29 is 13.5 Å². The number of nitrogens with zero attached hydrogens (tertiary/aromatic N) is 5. The molecule has 0 bridgehead atoms. The molecule has 9 heteroatoms. The SMILES string of the molecule is Cc1c(-c2cc(C(F)F)c(NC3C[C@@H]4CN(CC5CCOCC5)C[C@H]4C3)nn2)ccc2nn(C)cc12. The van der Waals surface area contributed by atoms with Crippen LogP contribution in [-0.2, 0) is 11.8 Å². The highest BCUT2D eigenvalue weighted by atomic mass is 19.3. The maximum atomic E-state index is 14.1. The first kappa shape index (κ1) is 23.7. The Labute approximate surface area is 210 Å². The van der Waals surface area contributed by atoms with Crippen molar-refractivity contribution in [2.24, 2.45) is 24.8 Å². The molecule has 192 valence electrons. The van der Waals surface area contributed by atoms with Gasteiger partial charge < -0.3 is 15.0 Å². The molecule has 1 aliphatic carbocycles. The molecule has 3 aliphatic rings. The van der Waals surface area contributed by atoms with Crippen molar-refractivity contribution in [1.82, 2.24) is 24.9 Å². The van der Waals surface area contributed by atoms with Crippen LogP contribution in [0.3, 0.4) is 0 Å². The average Bonchev–Trinajstić information content (AvgIpc) is 3.53. The van der Waals surface area contributed by atoms with E-state index in [0.29, 0.717) is 17.5 Å². The van der Waals surface area contributed by atoms with Crippen LogP contribution in [0, 0.1) is 24.7 Å². The van der Waals surface area contributed by atoms with Gasteiger partial charge in [-0.25, -0.2) is 8.78 Å². The van der Waals surface area contributed by atoms with Gasteiger partial charge in [0, 0.05) is 63.1 Å². The van der Waals surface area contributed by atoms with Crippen molar-refractivity contribution in [3.63, 3.8) is 0 Å². The first-order valence-corrected chi connectivity index (χ1v) is 13.1. The number of nitrogens with one attached hydrogen (secondary N) is 1. The van der Waals surface area contributed by atoms with Gasteiger partial charge in [-0.1, -0.05) is 6.07 Å². The summed E-state index contributed by atoms with van der Waals surface area (Å²) in [6.07, 6.45) is 3.64. The number of hydrogen-bond acceptors (Lipinski definition) is 6. The standard InChI is InChI=1S/C27H34F2N6O/c1-16-21(3-4-24-23(16)15-34(2)33-24)25-11-22(26(28)29)27(32-31-25)30-20-9-18-13-35(14-19(18)10-20)12-17-5-7-36-8-6-17/h3-4,11,15,17-20,26H,5-10,12-14H2,1-2H3,(H,30,32)/t18-,19-/m1/s1. The highest BCUT2D eigenvalue weighted by Crippen LogP contribution is 2.41. The number of likely N-dealkylation sites (tertiary alicyclic amines) is 1. The van der Waals surface area contributed by atoms with Crippen LogP contribution in [0.5, 0.6) is 0 Å². The second kappa shape index (κ2) is 9.67. The summed E-state index contributed by atoms with van der Waals surface area (Å²) < 4.78 is 35.5. The molecule has 0 amide bonds. The highest BCUT2D eigenvalue weighted by molar-refractivity contribution is 5.88. The summed E-state index contributed by atoms with van der Waals surface area (Å²) in [5.74, 6) is 2.21. The van der Waals surface area contributed by atoms with E-state index in [4.69, 9.17) is 4.74 Å². The minimum Gasteiger partial charge on any atom is -0.381 e. The van der Waals surface area contributed by atoms with Gasteiger partial charge in [0.2, 0.25) is 0 Å². The van der Waals surface area contributed by atoms with Gasteiger partial charge in [0.05, 0.1) is 16.8 Å². The monoisotopic (exact) mass is 496 g/mol. The van der Waals surface area contributed by atoms with Crippen molar-refractivity contribution in [3.05, 3.63) is 35.5 Å². The summed E-state index contributed by atoms with van der Waals surface area (Å²) in [4.78, 5) is 2.61. The molecule has 36 heavy (non-hydrogen) atoms. The zero-order chi connectivity index (χ0) is 24.8. The summed E-state index contributed by atoms with van der Waals surface area (Å²) in [5.41, 5.74) is 3.02. The van der Waals surface area contributed by atoms with Gasteiger partial charge in [-0.2, -0.15) is 5.10 Å². The van der Waals surface area contributed by atoms with Gasteiger partial charge in [0.25, 0.3) is 6.43 Å². The summed E-state index contributed by atoms with van der Waals surface area (Å²) in [7, 11) is 1.87. The van der Waals surface area contributed by atoms with E-state index in [-0.39, 0.29) is 17.4 Å². The summed E-state index contributed by atoms with van der Waals surface area (Å²) >= 11 is 0. The third-order valence-electron chi connectivity index (χ3n) is 8.43. The van der Waals surface area contributed by atoms with Crippen LogP contribution in [0.25, 0.3) is 22.2 Å². The minimum absolute atomic E-state index is 0.0797. The predicted molar refractivity (Wildman–Crippen MR) is 135 cm³/mol. The average molecular weight is 497 g/mol. The van der Waals surface area contributed by atoms with Crippen LogP contribution in [-0.4, -0.2) is 63.8 Å². The van der Waals surface area contributed by atoms with E-state index in [1.54, 1.807) is 4.68 Å². The van der Waals surface area contributed by atoms with Crippen molar-refractivity contribution in [2.75, 3.05) is 38.2 Å². The number of hydrogen-bond donors (Lipinski definition) is 1. The molecule has 0 radical (unpaired) electrons. The molecule has 1 saturated carbocycles. The molecule has 4 heterocycles. The lowest BCUT2D eigenvalue weighted by atomic mass is 10.00. The largest absolute Gasteiger partial charge is 0.381 e. The number of aromatic nitrogens is 4. The van der Waals surface area contributed by atoms with Crippen LogP contribution in [0.4, 0.5) is 14.6 Å². The molecule has 6 rings (SSSR count). The van der Waals surface area contributed by atoms with Crippen LogP contribution < -0.4 is 5.32 Å². The van der Waals surface area contributed by atoms with Crippen molar-refractivity contribution in [3.8, 4) is 11.3 Å². The summed E-state index contributed by atoms with van der Waals surface area (Å²) in [6.45, 7) is 7.15. The Morgan fingerprint density at radius 3 is 2.58 bits per heavy atom. The maximum absolute atomic E-state index is 14.1. The smallest absolute Gasteiger partial charge is 0.267 e. The Hall–Kier alpha value is -2.65. The van der Waals surface area contributed by atoms with E-state index in [9.17, 15) is 8.78 Å². The molecular formula is C27H34F2N6O. The fourth-order valence-electron chi connectivity index (χ4n) is 6.60. The lowest BCUT2D eigenvalue weighted by molar-refractivity contribution is 0.0545. The number of rotatable bonds is 6. The lowest BCUT2D eigenvalue weighted by Crippen LogP contribution is -2.32. The van der Waals surface area contributed by atoms with Gasteiger partial charge in [-0.15, -0.1) is 10.2 Å². The van der Waals surface area contributed by atoms with Gasteiger partial charge in [0.15, 0.2) is 5.82 Å². The topological polar surface area (TPSA) is 68.1 Å². The van der Waals surface area contributed by atoms with E-state index in [0.717, 1.165) is 79.9 Å². The highest BCUT2D eigenvalue weighted by Gasteiger charge is 2.41. The molecule has 2 aliphatic heterocycles. The van der Waals surface area contributed by atoms with Crippen LogP contribution in [0.2, 0.25) is 0 Å². The fraction of sp³-hybridized carbons (Fsp3) is 0.593. The van der Waals surface area contributed by atoms with E-state index >= 15 is 0 Å². The van der Waals surface area contributed by atoms with Crippen LogP contribution in [0.1, 0.15) is 43.2 Å². The predicted octanol–water partition coefficient (Wildman–Crippen LogP) is 4.83. The van der Waals surface area contributed by atoms with Gasteiger partial charge in [-0.05, 0) is 68.1 Å². The fourth-order valence-corrected chi connectivity index (χ4v) is 6.60. The van der Waals surface area contributed by atoms with E-state index in [2.05, 4.69) is 25.5 Å². The molecule has 2 aromatic heterocycles. The lowest BCUT2D eigenvalue weighted by Gasteiger charge is -2.28. The third-order valence-corrected chi connectivity index (χ3v) is 8.43. The molecule has 3 aromatic rings. The Kier molecular flexibility index (Phi) is 6.37. The molecule has 1 aromatic carbocycles. The van der Waals surface area contributed by atoms with Crippen molar-refractivity contribution in [1.29, 1.82) is 0 Å². The van der Waals surface area contributed by atoms with Crippen molar-refractivity contribution in [2.45, 2.75) is 45.1 Å². The Bertz CT molecular complexity index is 1230. The molecule has 1 N–H and O–H groups in total. The number of ether oxygens (including phenoxy) is 1. The first-order chi connectivity index (χ1) is 17.4. The number of fused-ring (bicyclic) bond motifs is 2. The Morgan fingerprint density at radius 1 is 1.11 bits per heavy atom. The van der Waals surface area contributed by atoms with Gasteiger partial charge >= 0.3 is 0 Å². The maximum Gasteiger partial charge on any atom is 0.267 e. The number of aryl methyl sites for hydroxylation is 2. The molecule has 0 unspecified atom stereocenters. The number of halogens is 2. The normalized spacial score (nSPS) is 23.7. The number of alkyl halides is 2. The molecule has 3 fully saturated rings. The van der Waals surface area contributed by atoms with E-state index in [1.807, 2.05) is 32.3 Å². The zero-order valence-electron chi connectivity index (χ0n) is 21.0.